The van der Waals surface area contributed by atoms with Crippen LogP contribution in [0.15, 0.2) is 12.1 Å². The van der Waals surface area contributed by atoms with Crippen molar-refractivity contribution in [2.75, 3.05) is 18.1 Å². The van der Waals surface area contributed by atoms with Crippen molar-refractivity contribution in [3.05, 3.63) is 32.3 Å². The number of hydrogen-bond donors (Lipinski definition) is 1. The molecule has 1 N–H and O–H groups in total. The molecule has 1 rings (SSSR count). The number of nitrogens with zero attached hydrogens (tertiary/aromatic N) is 1. The minimum absolute atomic E-state index is 0.0766. The Balaban J connectivity index is 2.90. The molecule has 0 amide bonds. The van der Waals surface area contributed by atoms with Crippen molar-refractivity contribution in [2.24, 2.45) is 0 Å². The number of anilines is 1. The summed E-state index contributed by atoms with van der Waals surface area (Å²) in [4.78, 5) is 10.0. The number of nitro benzene ring substituents is 1. The maximum Gasteiger partial charge on any atom is 0.272 e. The van der Waals surface area contributed by atoms with Gasteiger partial charge in [0.2, 0.25) is 0 Å². The van der Waals surface area contributed by atoms with Crippen LogP contribution in [0.2, 0.25) is 10.0 Å². The Hall–Kier alpha value is -0.850. The van der Waals surface area contributed by atoms with E-state index in [2.05, 4.69) is 5.32 Å². The first-order valence-corrected chi connectivity index (χ1v) is 7.40. The fourth-order valence-electron chi connectivity index (χ4n) is 1.20. The first-order valence-electron chi connectivity index (χ1n) is 5.02. The average Bonchev–Trinajstić information content (AvgIpc) is 2.26. The third-order valence-corrected chi connectivity index (χ3v) is 4.27. The zero-order valence-electron chi connectivity index (χ0n) is 9.78. The summed E-state index contributed by atoms with van der Waals surface area (Å²) in [6.07, 6.45) is 1.60. The molecule has 1 aromatic carbocycles. The van der Waals surface area contributed by atoms with Crippen LogP contribution in [0.4, 0.5) is 11.4 Å². The van der Waals surface area contributed by atoms with Crippen LogP contribution in [-0.2, 0) is 10.8 Å². The third-order valence-electron chi connectivity index (χ3n) is 2.37. The third kappa shape index (κ3) is 3.83. The Morgan fingerprint density at radius 2 is 1.94 bits per heavy atom. The van der Waals surface area contributed by atoms with E-state index in [0.29, 0.717) is 12.2 Å². The highest BCUT2D eigenvalue weighted by molar-refractivity contribution is 7.84. The normalized spacial score (nSPS) is 14.0. The monoisotopic (exact) mass is 310 g/mol. The van der Waals surface area contributed by atoms with Gasteiger partial charge in [-0.2, -0.15) is 0 Å². The van der Waals surface area contributed by atoms with Crippen molar-refractivity contribution in [3.8, 4) is 0 Å². The standard InChI is InChI=1S/C10H12Cl2N2O3S/c1-6(18(2)17)5-13-10-8(11)3-7(14(15)16)4-9(10)12/h3-4,6,13H,5H2,1-2H3. The molecule has 1 aromatic rings. The van der Waals surface area contributed by atoms with Gasteiger partial charge in [0.15, 0.2) is 0 Å². The number of nitro groups is 1. The van der Waals surface area contributed by atoms with E-state index in [9.17, 15) is 14.3 Å². The lowest BCUT2D eigenvalue weighted by Gasteiger charge is -2.13. The van der Waals surface area contributed by atoms with Crippen LogP contribution in [0.3, 0.4) is 0 Å². The van der Waals surface area contributed by atoms with Crippen molar-refractivity contribution in [3.63, 3.8) is 0 Å². The lowest BCUT2D eigenvalue weighted by atomic mass is 10.2. The maximum atomic E-state index is 11.2. The van der Waals surface area contributed by atoms with E-state index in [0.717, 1.165) is 0 Å². The molecule has 0 spiro atoms. The number of rotatable bonds is 5. The van der Waals surface area contributed by atoms with Crippen molar-refractivity contribution in [1.29, 1.82) is 0 Å². The van der Waals surface area contributed by atoms with Crippen molar-refractivity contribution in [2.45, 2.75) is 12.2 Å². The van der Waals surface area contributed by atoms with Gasteiger partial charge in [0.05, 0.1) is 20.7 Å². The van der Waals surface area contributed by atoms with E-state index < -0.39 is 15.7 Å². The molecule has 5 nitrogen and oxygen atoms in total. The second-order valence-corrected chi connectivity index (χ2v) is 6.35. The minimum atomic E-state index is -0.966. The molecule has 18 heavy (non-hydrogen) atoms. The smallest absolute Gasteiger partial charge is 0.272 e. The fraction of sp³-hybridized carbons (Fsp3) is 0.400. The molecule has 8 heteroatoms. The molecule has 0 saturated heterocycles. The lowest BCUT2D eigenvalue weighted by molar-refractivity contribution is -0.384. The van der Waals surface area contributed by atoms with E-state index in [1.54, 1.807) is 6.26 Å². The van der Waals surface area contributed by atoms with Gasteiger partial charge in [-0.1, -0.05) is 23.2 Å². The quantitative estimate of drug-likeness (QED) is 0.670. The topological polar surface area (TPSA) is 72.2 Å². The van der Waals surface area contributed by atoms with Gasteiger partial charge < -0.3 is 5.32 Å². The maximum absolute atomic E-state index is 11.2. The van der Waals surface area contributed by atoms with Gasteiger partial charge in [0.25, 0.3) is 5.69 Å². The Morgan fingerprint density at radius 1 is 1.44 bits per heavy atom. The molecule has 0 aromatic heterocycles. The molecule has 0 radical (unpaired) electrons. The summed E-state index contributed by atoms with van der Waals surface area (Å²) < 4.78 is 11.2. The first kappa shape index (κ1) is 15.2. The minimum Gasteiger partial charge on any atom is -0.381 e. The van der Waals surface area contributed by atoms with E-state index in [1.165, 1.54) is 12.1 Å². The summed E-state index contributed by atoms with van der Waals surface area (Å²) in [6.45, 7) is 2.23. The molecule has 2 atom stereocenters. The summed E-state index contributed by atoms with van der Waals surface area (Å²) in [7, 11) is -0.966. The molecule has 0 bridgehead atoms. The molecule has 2 unspecified atom stereocenters. The predicted octanol–water partition coefficient (Wildman–Crippen LogP) is 3.08. The number of non-ortho nitro benzene ring substituents is 1. The van der Waals surface area contributed by atoms with E-state index in [4.69, 9.17) is 23.2 Å². The summed E-state index contributed by atoms with van der Waals surface area (Å²) >= 11 is 11.8. The molecule has 100 valence electrons. The lowest BCUT2D eigenvalue weighted by Crippen LogP contribution is -2.20. The van der Waals surface area contributed by atoms with Gasteiger partial charge >= 0.3 is 0 Å². The first-order chi connectivity index (χ1) is 8.32. The van der Waals surface area contributed by atoms with Crippen LogP contribution in [-0.4, -0.2) is 27.2 Å². The zero-order valence-corrected chi connectivity index (χ0v) is 12.1. The Kier molecular flexibility index (Phi) is 5.37. The van der Waals surface area contributed by atoms with Gasteiger partial charge in [0, 0.05) is 41.0 Å². The second kappa shape index (κ2) is 6.36. The number of benzene rings is 1. The van der Waals surface area contributed by atoms with Crippen LogP contribution in [0, 0.1) is 10.1 Å². The van der Waals surface area contributed by atoms with Crippen LogP contribution in [0.5, 0.6) is 0 Å². The van der Waals surface area contributed by atoms with Crippen LogP contribution < -0.4 is 5.32 Å². The average molecular weight is 311 g/mol. The molecular weight excluding hydrogens is 299 g/mol. The van der Waals surface area contributed by atoms with Crippen molar-refractivity contribution < 1.29 is 9.13 Å². The van der Waals surface area contributed by atoms with Gasteiger partial charge in [-0.15, -0.1) is 0 Å². The molecule has 0 fully saturated rings. The highest BCUT2D eigenvalue weighted by Gasteiger charge is 2.15. The summed E-state index contributed by atoms with van der Waals surface area (Å²) in [5.41, 5.74) is 0.254. The van der Waals surface area contributed by atoms with Gasteiger partial charge in [-0.3, -0.25) is 14.3 Å². The zero-order chi connectivity index (χ0) is 13.9. The van der Waals surface area contributed by atoms with Crippen LogP contribution in [0.25, 0.3) is 0 Å². The summed E-state index contributed by atoms with van der Waals surface area (Å²) in [5.74, 6) is 0. The summed E-state index contributed by atoms with van der Waals surface area (Å²) in [5, 5.41) is 13.8. The van der Waals surface area contributed by atoms with E-state index in [-0.39, 0.29) is 21.0 Å². The highest BCUT2D eigenvalue weighted by atomic mass is 35.5. The summed E-state index contributed by atoms with van der Waals surface area (Å²) in [6, 6.07) is 2.45. The molecule has 0 aliphatic heterocycles. The van der Waals surface area contributed by atoms with E-state index in [1.807, 2.05) is 6.92 Å². The van der Waals surface area contributed by atoms with Gasteiger partial charge in [0.1, 0.15) is 0 Å². The van der Waals surface area contributed by atoms with Crippen LogP contribution in [0.1, 0.15) is 6.92 Å². The molecule has 0 aliphatic rings. The number of halogens is 2. The number of nitrogens with one attached hydrogen (secondary N) is 1. The van der Waals surface area contributed by atoms with E-state index >= 15 is 0 Å². The van der Waals surface area contributed by atoms with Crippen LogP contribution >= 0.6 is 23.2 Å². The largest absolute Gasteiger partial charge is 0.381 e. The second-order valence-electron chi connectivity index (χ2n) is 3.73. The number of hydrogen-bond acceptors (Lipinski definition) is 4. The highest BCUT2D eigenvalue weighted by Crippen LogP contribution is 2.34. The van der Waals surface area contributed by atoms with Crippen molar-refractivity contribution in [1.82, 2.24) is 0 Å². The fourth-order valence-corrected chi connectivity index (χ4v) is 2.12. The SMILES string of the molecule is CC(CNc1c(Cl)cc([N+](=O)[O-])cc1Cl)S(C)=O. The Labute approximate surface area is 117 Å². The predicted molar refractivity (Wildman–Crippen MR) is 75.1 cm³/mol. The Morgan fingerprint density at radius 3 is 2.33 bits per heavy atom. The molecule has 0 aliphatic carbocycles. The Bertz CT molecular complexity index is 473. The van der Waals surface area contributed by atoms with Gasteiger partial charge in [-0.25, -0.2) is 0 Å². The molecular formula is C10H12Cl2N2O3S. The van der Waals surface area contributed by atoms with Crippen molar-refractivity contribution >= 4 is 45.4 Å². The molecule has 0 saturated carbocycles. The molecule has 0 heterocycles. The van der Waals surface area contributed by atoms with Gasteiger partial charge in [-0.05, 0) is 6.92 Å².